The van der Waals surface area contributed by atoms with Gasteiger partial charge in [-0.05, 0) is 18.8 Å². The van der Waals surface area contributed by atoms with Crippen molar-refractivity contribution < 1.29 is 33.0 Å². The molecule has 0 aromatic carbocycles. The van der Waals surface area contributed by atoms with E-state index in [2.05, 4.69) is 0 Å². The highest BCUT2D eigenvalue weighted by Gasteiger charge is 2.62. The van der Waals surface area contributed by atoms with Crippen LogP contribution in [-0.4, -0.2) is 62.5 Å². The maximum absolute atomic E-state index is 12.4. The number of hydrogen-bond donors (Lipinski definition) is 2. The number of fused-ring (bicyclic) bond motifs is 2. The predicted octanol–water partition coefficient (Wildman–Crippen LogP) is 1.00. The molecule has 3 fully saturated rings. The van der Waals surface area contributed by atoms with Crippen LogP contribution < -0.4 is 0 Å². The molecule has 2 N–H and O–H groups in total. The van der Waals surface area contributed by atoms with Gasteiger partial charge in [0.25, 0.3) is 0 Å². The van der Waals surface area contributed by atoms with Crippen LogP contribution in [-0.2, 0) is 4.79 Å². The van der Waals surface area contributed by atoms with Gasteiger partial charge in [-0.2, -0.15) is 13.2 Å². The minimum atomic E-state index is -4.59. The fourth-order valence-electron chi connectivity index (χ4n) is 4.13. The lowest BCUT2D eigenvalue weighted by molar-refractivity contribution is -0.167. The second-order valence-corrected chi connectivity index (χ2v) is 6.12. The topological polar surface area (TPSA) is 81.1 Å². The van der Waals surface area contributed by atoms with E-state index < -0.39 is 42.4 Å². The first-order valence-electron chi connectivity index (χ1n) is 6.71. The van der Waals surface area contributed by atoms with Crippen LogP contribution in [0.5, 0.6) is 0 Å². The van der Waals surface area contributed by atoms with Gasteiger partial charge in [0.05, 0.1) is 12.1 Å². The van der Waals surface area contributed by atoms with Gasteiger partial charge in [0, 0.05) is 13.0 Å². The molecule has 3 saturated heterocycles. The van der Waals surface area contributed by atoms with Gasteiger partial charge in [-0.15, -0.1) is 0 Å². The summed E-state index contributed by atoms with van der Waals surface area (Å²) in [6, 6.07) is -1.28. The quantitative estimate of drug-likeness (QED) is 0.757. The molecule has 3 heterocycles. The molecule has 0 aliphatic carbocycles. The zero-order valence-corrected chi connectivity index (χ0v) is 11.0. The number of halogens is 3. The highest BCUT2D eigenvalue weighted by Crippen LogP contribution is 2.50. The fourth-order valence-corrected chi connectivity index (χ4v) is 4.13. The molecule has 21 heavy (non-hydrogen) atoms. The van der Waals surface area contributed by atoms with Crippen LogP contribution in [0, 0.1) is 5.92 Å². The van der Waals surface area contributed by atoms with Crippen molar-refractivity contribution >= 4 is 12.0 Å². The Morgan fingerprint density at radius 2 is 1.90 bits per heavy atom. The SMILES string of the molecule is O=C(CC(F)(F)F)N1CC2CC3C1CC(O)(C2)N3C(=O)O. The van der Waals surface area contributed by atoms with E-state index in [1.807, 2.05) is 0 Å². The van der Waals surface area contributed by atoms with Crippen molar-refractivity contribution in [3.05, 3.63) is 0 Å². The van der Waals surface area contributed by atoms with E-state index in [-0.39, 0.29) is 25.3 Å². The molecule has 3 bridgehead atoms. The van der Waals surface area contributed by atoms with Crippen molar-refractivity contribution in [2.24, 2.45) is 5.92 Å². The summed E-state index contributed by atoms with van der Waals surface area (Å²) in [6.45, 7) is 0.159. The number of nitrogens with zero attached hydrogens (tertiary/aromatic N) is 2. The van der Waals surface area contributed by atoms with Crippen LogP contribution in [0.4, 0.5) is 18.0 Å². The molecule has 4 unspecified atom stereocenters. The average Bonchev–Trinajstić information content (AvgIpc) is 2.41. The number of rotatable bonds is 1. The van der Waals surface area contributed by atoms with Crippen LogP contribution in [0.3, 0.4) is 0 Å². The van der Waals surface area contributed by atoms with E-state index in [1.165, 1.54) is 0 Å². The van der Waals surface area contributed by atoms with Crippen molar-refractivity contribution in [2.75, 3.05) is 6.54 Å². The first kappa shape index (κ1) is 14.4. The Kier molecular flexibility index (Phi) is 2.92. The van der Waals surface area contributed by atoms with Gasteiger partial charge in [-0.1, -0.05) is 0 Å². The molecule has 0 saturated carbocycles. The zero-order valence-electron chi connectivity index (χ0n) is 11.0. The van der Waals surface area contributed by atoms with E-state index in [1.54, 1.807) is 0 Å². The van der Waals surface area contributed by atoms with Gasteiger partial charge in [-0.3, -0.25) is 9.69 Å². The van der Waals surface area contributed by atoms with E-state index >= 15 is 0 Å². The highest BCUT2D eigenvalue weighted by molar-refractivity contribution is 5.78. The largest absolute Gasteiger partial charge is 0.465 e. The number of amides is 2. The Hall–Kier alpha value is -1.51. The summed E-state index contributed by atoms with van der Waals surface area (Å²) in [4.78, 5) is 25.2. The van der Waals surface area contributed by atoms with Crippen molar-refractivity contribution in [1.82, 2.24) is 9.80 Å². The summed E-state index contributed by atoms with van der Waals surface area (Å²) >= 11 is 0. The number of carbonyl (C=O) groups excluding carboxylic acids is 1. The number of aliphatic hydroxyl groups is 1. The molecule has 6 nitrogen and oxygen atoms in total. The van der Waals surface area contributed by atoms with E-state index in [0.717, 1.165) is 9.80 Å². The summed E-state index contributed by atoms with van der Waals surface area (Å²) in [6.07, 6.45) is -6.79. The van der Waals surface area contributed by atoms with E-state index in [0.29, 0.717) is 6.42 Å². The minimum absolute atomic E-state index is 0.00986. The monoisotopic (exact) mass is 308 g/mol. The Labute approximate surface area is 118 Å². The normalized spacial score (nSPS) is 38.0. The summed E-state index contributed by atoms with van der Waals surface area (Å²) < 4.78 is 37.2. The van der Waals surface area contributed by atoms with E-state index in [9.17, 15) is 33.0 Å². The lowest BCUT2D eigenvalue weighted by Crippen LogP contribution is -2.61. The van der Waals surface area contributed by atoms with Crippen molar-refractivity contribution in [3.8, 4) is 0 Å². The fraction of sp³-hybridized carbons (Fsp3) is 0.833. The molecule has 0 radical (unpaired) electrons. The zero-order chi connectivity index (χ0) is 15.6. The maximum atomic E-state index is 12.4. The first-order valence-corrected chi connectivity index (χ1v) is 6.71. The Bertz CT molecular complexity index is 497. The minimum Gasteiger partial charge on any atom is -0.465 e. The van der Waals surface area contributed by atoms with Crippen LogP contribution in [0.25, 0.3) is 0 Å². The third-order valence-electron chi connectivity index (χ3n) is 4.68. The number of alkyl halides is 3. The Morgan fingerprint density at radius 3 is 2.48 bits per heavy atom. The van der Waals surface area contributed by atoms with Crippen LogP contribution in [0.15, 0.2) is 0 Å². The van der Waals surface area contributed by atoms with Gasteiger partial charge < -0.3 is 15.1 Å². The molecule has 3 aliphatic rings. The molecular formula is C12H15F3N2O4. The van der Waals surface area contributed by atoms with E-state index in [4.69, 9.17) is 0 Å². The van der Waals surface area contributed by atoms with Gasteiger partial charge in [0.1, 0.15) is 12.1 Å². The summed E-state index contributed by atoms with van der Waals surface area (Å²) in [5.74, 6) is -1.20. The third-order valence-corrected chi connectivity index (χ3v) is 4.68. The predicted molar refractivity (Wildman–Crippen MR) is 62.1 cm³/mol. The number of carbonyl (C=O) groups is 2. The van der Waals surface area contributed by atoms with Gasteiger partial charge in [0.15, 0.2) is 0 Å². The number of hydrogen-bond acceptors (Lipinski definition) is 3. The summed E-state index contributed by atoms with van der Waals surface area (Å²) in [7, 11) is 0. The molecule has 9 heteroatoms. The molecule has 0 aromatic rings. The molecule has 0 spiro atoms. The maximum Gasteiger partial charge on any atom is 0.409 e. The molecule has 4 atom stereocenters. The molecule has 0 aromatic heterocycles. The van der Waals surface area contributed by atoms with Crippen molar-refractivity contribution in [1.29, 1.82) is 0 Å². The Morgan fingerprint density at radius 1 is 1.24 bits per heavy atom. The molecule has 118 valence electrons. The summed E-state index contributed by atoms with van der Waals surface area (Å²) in [5.41, 5.74) is -1.56. The molecule has 3 aliphatic heterocycles. The number of piperidine rings is 2. The molecular weight excluding hydrogens is 293 g/mol. The number of likely N-dealkylation sites (tertiary alicyclic amines) is 1. The number of carboxylic acid groups (broad SMARTS) is 1. The van der Waals surface area contributed by atoms with Crippen LogP contribution in [0.2, 0.25) is 0 Å². The molecule has 2 amide bonds. The second-order valence-electron chi connectivity index (χ2n) is 6.12. The van der Waals surface area contributed by atoms with Crippen LogP contribution in [0.1, 0.15) is 25.7 Å². The second kappa shape index (κ2) is 4.25. The standard InChI is InChI=1S/C12H15F3N2O4/c13-12(14,15)4-9(18)16-5-6-1-7-8(16)3-11(21,2-6)17(7)10(19)20/h6-8,21H,1-5H2,(H,19,20). The smallest absolute Gasteiger partial charge is 0.409 e. The summed E-state index contributed by atoms with van der Waals surface area (Å²) in [5, 5.41) is 19.7. The average molecular weight is 308 g/mol. The van der Waals surface area contributed by atoms with Crippen LogP contribution >= 0.6 is 0 Å². The first-order chi connectivity index (χ1) is 9.61. The van der Waals surface area contributed by atoms with Gasteiger partial charge >= 0.3 is 12.3 Å². The van der Waals surface area contributed by atoms with Gasteiger partial charge in [-0.25, -0.2) is 4.79 Å². The third kappa shape index (κ3) is 2.23. The van der Waals surface area contributed by atoms with Crippen molar-refractivity contribution in [3.63, 3.8) is 0 Å². The molecule has 3 rings (SSSR count). The Balaban J connectivity index is 1.86. The lowest BCUT2D eigenvalue weighted by atomic mass is 9.85. The van der Waals surface area contributed by atoms with Crippen molar-refractivity contribution in [2.45, 2.75) is 49.7 Å². The van der Waals surface area contributed by atoms with Gasteiger partial charge in [0.2, 0.25) is 5.91 Å². The lowest BCUT2D eigenvalue weighted by Gasteiger charge is -2.48. The highest BCUT2D eigenvalue weighted by atomic mass is 19.4.